The van der Waals surface area contributed by atoms with Gasteiger partial charge in [0, 0.05) is 17.2 Å². The molecule has 1 aliphatic heterocycles. The van der Waals surface area contributed by atoms with Crippen molar-refractivity contribution in [1.82, 2.24) is 29.7 Å². The molecule has 1 saturated heterocycles. The van der Waals surface area contributed by atoms with Crippen molar-refractivity contribution in [3.63, 3.8) is 0 Å². The molecule has 3 aromatic heterocycles. The molecule has 1 atom stereocenters. The van der Waals surface area contributed by atoms with E-state index in [9.17, 15) is 9.65 Å². The molecule has 168 valence electrons. The third-order valence-electron chi connectivity index (χ3n) is 6.18. The molecule has 0 saturated carbocycles. The Morgan fingerprint density at radius 1 is 1.24 bits per heavy atom. The second-order valence-electron chi connectivity index (χ2n) is 8.26. The normalized spacial score (nSPS) is 15.5. The molecule has 1 aromatic carbocycles. The quantitative estimate of drug-likeness (QED) is 0.500. The van der Waals surface area contributed by atoms with E-state index in [1.807, 2.05) is 23.7 Å². The van der Waals surface area contributed by atoms with Gasteiger partial charge in [0.1, 0.15) is 35.0 Å². The first-order chi connectivity index (χ1) is 16.1. The molecule has 9 heteroatoms. The van der Waals surface area contributed by atoms with Crippen LogP contribution in [0.4, 0.5) is 4.39 Å². The first kappa shape index (κ1) is 21.1. The third-order valence-corrected chi connectivity index (χ3v) is 6.18. The number of piperidine rings is 1. The molecule has 0 amide bonds. The zero-order valence-corrected chi connectivity index (χ0v) is 18.5. The van der Waals surface area contributed by atoms with Crippen LogP contribution in [0.15, 0.2) is 42.6 Å². The highest BCUT2D eigenvalue weighted by Crippen LogP contribution is 2.32. The van der Waals surface area contributed by atoms with Gasteiger partial charge in [-0.15, -0.1) is 5.10 Å². The summed E-state index contributed by atoms with van der Waals surface area (Å²) in [4.78, 5) is 4.38. The second-order valence-corrected chi connectivity index (χ2v) is 8.26. The molecule has 1 aliphatic rings. The molecule has 0 spiro atoms. The van der Waals surface area contributed by atoms with Crippen molar-refractivity contribution in [2.75, 3.05) is 13.1 Å². The molecular formula is C24H24FN7O. The Labute approximate surface area is 190 Å². The first-order valence-electron chi connectivity index (χ1n) is 11.0. The van der Waals surface area contributed by atoms with Crippen molar-refractivity contribution < 1.29 is 9.13 Å². The van der Waals surface area contributed by atoms with E-state index in [1.165, 1.54) is 12.3 Å². The highest BCUT2D eigenvalue weighted by Gasteiger charge is 2.23. The summed E-state index contributed by atoms with van der Waals surface area (Å²) < 4.78 is 24.2. The van der Waals surface area contributed by atoms with Gasteiger partial charge in [-0.05, 0) is 51.9 Å². The molecule has 8 nitrogen and oxygen atoms in total. The average molecular weight is 446 g/mol. The van der Waals surface area contributed by atoms with Gasteiger partial charge < -0.3 is 10.1 Å². The van der Waals surface area contributed by atoms with Crippen LogP contribution >= 0.6 is 0 Å². The maximum atomic E-state index is 14.3. The van der Waals surface area contributed by atoms with Gasteiger partial charge in [0.15, 0.2) is 0 Å². The fourth-order valence-corrected chi connectivity index (χ4v) is 4.44. The van der Waals surface area contributed by atoms with Gasteiger partial charge >= 0.3 is 0 Å². The molecule has 0 radical (unpaired) electrons. The number of nitrogens with zero attached hydrogens (tertiary/aromatic N) is 6. The zero-order chi connectivity index (χ0) is 22.9. The molecule has 0 bridgehead atoms. The van der Waals surface area contributed by atoms with E-state index in [0.717, 1.165) is 42.9 Å². The molecule has 1 unspecified atom stereocenters. The minimum atomic E-state index is -0.579. The number of imidazole rings is 1. The summed E-state index contributed by atoms with van der Waals surface area (Å²) in [5, 5.41) is 21.8. The van der Waals surface area contributed by atoms with Crippen LogP contribution < -0.4 is 10.1 Å². The van der Waals surface area contributed by atoms with Gasteiger partial charge in [0.05, 0.1) is 17.9 Å². The molecule has 4 aromatic rings. The van der Waals surface area contributed by atoms with Crippen LogP contribution in [0.5, 0.6) is 5.88 Å². The number of nitrogens with one attached hydrogen (secondary N) is 1. The first-order valence-corrected chi connectivity index (χ1v) is 11.0. The van der Waals surface area contributed by atoms with Crippen LogP contribution in [-0.2, 0) is 0 Å². The standard InChI is InChI=1S/C24H24FN7O/c1-15-24(29-30-32(15)18-7-9-27-10-8-18)17-11-22-28-14-19(13-26)31(22)23(12-17)33-16(2)20-5-3-4-6-21(20)25/h3-6,11-12,14,16,18,27H,7-10H2,1-2H3. The van der Waals surface area contributed by atoms with E-state index in [-0.39, 0.29) is 5.82 Å². The van der Waals surface area contributed by atoms with Crippen molar-refractivity contribution in [2.24, 2.45) is 0 Å². The Bertz CT molecular complexity index is 1350. The van der Waals surface area contributed by atoms with Gasteiger partial charge in [-0.1, -0.05) is 23.4 Å². The summed E-state index contributed by atoms with van der Waals surface area (Å²) in [6, 6.07) is 12.6. The minimum Gasteiger partial charge on any atom is -0.471 e. The number of aromatic nitrogens is 5. The Hall–Kier alpha value is -3.77. The van der Waals surface area contributed by atoms with E-state index in [4.69, 9.17) is 4.74 Å². The van der Waals surface area contributed by atoms with Crippen LogP contribution in [0.2, 0.25) is 0 Å². The van der Waals surface area contributed by atoms with Crippen molar-refractivity contribution in [3.05, 3.63) is 65.4 Å². The van der Waals surface area contributed by atoms with E-state index >= 15 is 0 Å². The molecule has 5 rings (SSSR count). The Morgan fingerprint density at radius 3 is 2.79 bits per heavy atom. The summed E-state index contributed by atoms with van der Waals surface area (Å²) in [5.74, 6) is 0.0485. The lowest BCUT2D eigenvalue weighted by Crippen LogP contribution is -2.30. The van der Waals surface area contributed by atoms with Crippen molar-refractivity contribution in [3.8, 4) is 23.2 Å². The number of halogens is 1. The highest BCUT2D eigenvalue weighted by atomic mass is 19.1. The van der Waals surface area contributed by atoms with Crippen molar-refractivity contribution >= 4 is 5.65 Å². The van der Waals surface area contributed by atoms with E-state index in [1.54, 1.807) is 29.5 Å². The summed E-state index contributed by atoms with van der Waals surface area (Å²) >= 11 is 0. The van der Waals surface area contributed by atoms with Crippen molar-refractivity contribution in [1.29, 1.82) is 5.26 Å². The SMILES string of the molecule is Cc1c(-c2cc(OC(C)c3ccccc3F)n3c(C#N)cnc3c2)nnn1C1CCNCC1. The Kier molecular flexibility index (Phi) is 5.52. The summed E-state index contributed by atoms with van der Waals surface area (Å²) in [7, 11) is 0. The lowest BCUT2D eigenvalue weighted by molar-refractivity contribution is 0.209. The maximum Gasteiger partial charge on any atom is 0.201 e. The molecule has 33 heavy (non-hydrogen) atoms. The summed E-state index contributed by atoms with van der Waals surface area (Å²) in [5.41, 5.74) is 3.80. The van der Waals surface area contributed by atoms with Crippen LogP contribution in [0.25, 0.3) is 16.9 Å². The number of ether oxygens (including phenoxy) is 1. The van der Waals surface area contributed by atoms with E-state index < -0.39 is 6.10 Å². The predicted molar refractivity (Wildman–Crippen MR) is 120 cm³/mol. The summed E-state index contributed by atoms with van der Waals surface area (Å²) in [6.07, 6.45) is 2.93. The number of pyridine rings is 1. The number of nitriles is 1. The van der Waals surface area contributed by atoms with Crippen LogP contribution in [0.3, 0.4) is 0 Å². The maximum absolute atomic E-state index is 14.3. The monoisotopic (exact) mass is 445 g/mol. The van der Waals surface area contributed by atoms with Gasteiger partial charge in [-0.2, -0.15) is 5.26 Å². The minimum absolute atomic E-state index is 0.310. The van der Waals surface area contributed by atoms with Crippen molar-refractivity contribution in [2.45, 2.75) is 38.8 Å². The highest BCUT2D eigenvalue weighted by molar-refractivity contribution is 5.68. The largest absolute Gasteiger partial charge is 0.471 e. The lowest BCUT2D eigenvalue weighted by atomic mass is 10.1. The van der Waals surface area contributed by atoms with Gasteiger partial charge in [0.2, 0.25) is 5.88 Å². The smallest absolute Gasteiger partial charge is 0.201 e. The molecular weight excluding hydrogens is 421 g/mol. The number of benzene rings is 1. The fraction of sp³-hybridized carbons (Fsp3) is 0.333. The number of hydrogen-bond donors (Lipinski definition) is 1. The number of fused-ring (bicyclic) bond motifs is 1. The summed E-state index contributed by atoms with van der Waals surface area (Å²) in [6.45, 7) is 5.71. The Morgan fingerprint density at radius 2 is 2.03 bits per heavy atom. The topological polar surface area (TPSA) is 93.1 Å². The van der Waals surface area contributed by atoms with Crippen LogP contribution in [0.1, 0.15) is 48.9 Å². The van der Waals surface area contributed by atoms with E-state index in [0.29, 0.717) is 28.8 Å². The predicted octanol–water partition coefficient (Wildman–Crippen LogP) is 3.98. The van der Waals surface area contributed by atoms with Gasteiger partial charge in [-0.25, -0.2) is 14.1 Å². The molecule has 1 fully saturated rings. The molecule has 1 N–H and O–H groups in total. The van der Waals surface area contributed by atoms with Gasteiger partial charge in [0.25, 0.3) is 0 Å². The zero-order valence-electron chi connectivity index (χ0n) is 18.5. The average Bonchev–Trinajstić information content (AvgIpc) is 3.43. The molecule has 4 heterocycles. The third kappa shape index (κ3) is 3.83. The van der Waals surface area contributed by atoms with E-state index in [2.05, 4.69) is 26.7 Å². The fourth-order valence-electron chi connectivity index (χ4n) is 4.44. The lowest BCUT2D eigenvalue weighted by Gasteiger charge is -2.23. The van der Waals surface area contributed by atoms with Crippen LogP contribution in [0, 0.1) is 24.1 Å². The molecule has 0 aliphatic carbocycles. The van der Waals surface area contributed by atoms with Crippen LogP contribution in [-0.4, -0.2) is 37.5 Å². The second kappa shape index (κ2) is 8.64. The number of rotatable bonds is 5. The number of hydrogen-bond acceptors (Lipinski definition) is 6. The van der Waals surface area contributed by atoms with Gasteiger partial charge in [-0.3, -0.25) is 4.40 Å². The Balaban J connectivity index is 1.57.